The molecule has 1 N–H and O–H groups in total. The van der Waals surface area contributed by atoms with Crippen molar-refractivity contribution in [2.24, 2.45) is 7.05 Å². The maximum Gasteiger partial charge on any atom is 0.254 e. The summed E-state index contributed by atoms with van der Waals surface area (Å²) in [5, 5.41) is 5.04. The fourth-order valence-corrected chi connectivity index (χ4v) is 2.84. The summed E-state index contributed by atoms with van der Waals surface area (Å²) in [7, 11) is 1.81. The Morgan fingerprint density at radius 3 is 2.94 bits per heavy atom. The van der Waals surface area contributed by atoms with Crippen molar-refractivity contribution in [2.45, 2.75) is 12.3 Å². The minimum Gasteiger partial charge on any atom is -0.316 e. The molecule has 0 saturated carbocycles. The van der Waals surface area contributed by atoms with E-state index in [0.717, 1.165) is 36.0 Å². The molecule has 1 aromatic heterocycles. The summed E-state index contributed by atoms with van der Waals surface area (Å²) in [5.41, 5.74) is 1.90. The Morgan fingerprint density at radius 1 is 1.39 bits per heavy atom. The van der Waals surface area contributed by atoms with Crippen molar-refractivity contribution in [3.05, 3.63) is 45.2 Å². The molecule has 1 fully saturated rings. The van der Waals surface area contributed by atoms with Crippen molar-refractivity contribution in [3.8, 4) is 0 Å². The molecule has 0 aliphatic carbocycles. The van der Waals surface area contributed by atoms with E-state index < -0.39 is 0 Å². The SMILES string of the molecule is Cn1c(=O)c(C2CCNC2)cc2ccc(Cl)cc21. The molecule has 1 saturated heterocycles. The van der Waals surface area contributed by atoms with E-state index in [9.17, 15) is 4.79 Å². The molecule has 0 radical (unpaired) electrons. The maximum absolute atomic E-state index is 12.4. The van der Waals surface area contributed by atoms with Gasteiger partial charge in [-0.1, -0.05) is 17.7 Å². The molecule has 94 valence electrons. The smallest absolute Gasteiger partial charge is 0.254 e. The van der Waals surface area contributed by atoms with E-state index in [1.54, 1.807) is 4.57 Å². The molecule has 1 aliphatic rings. The van der Waals surface area contributed by atoms with Gasteiger partial charge in [0.25, 0.3) is 5.56 Å². The minimum atomic E-state index is 0.0958. The number of nitrogens with zero attached hydrogens (tertiary/aromatic N) is 1. The number of nitrogens with one attached hydrogen (secondary N) is 1. The van der Waals surface area contributed by atoms with Gasteiger partial charge in [0.2, 0.25) is 0 Å². The Morgan fingerprint density at radius 2 is 2.22 bits per heavy atom. The number of benzene rings is 1. The largest absolute Gasteiger partial charge is 0.316 e. The summed E-state index contributed by atoms with van der Waals surface area (Å²) in [5.74, 6) is 0.337. The quantitative estimate of drug-likeness (QED) is 0.856. The van der Waals surface area contributed by atoms with Gasteiger partial charge in [0, 0.05) is 30.1 Å². The van der Waals surface area contributed by atoms with Crippen LogP contribution in [0, 0.1) is 0 Å². The first-order valence-corrected chi connectivity index (χ1v) is 6.54. The summed E-state index contributed by atoms with van der Waals surface area (Å²) in [6.07, 6.45) is 1.04. The average molecular weight is 263 g/mol. The molecule has 1 aromatic carbocycles. The summed E-state index contributed by atoms with van der Waals surface area (Å²) < 4.78 is 1.70. The van der Waals surface area contributed by atoms with E-state index in [-0.39, 0.29) is 5.56 Å². The Bertz CT molecular complexity index is 657. The lowest BCUT2D eigenvalue weighted by Crippen LogP contribution is -2.24. The maximum atomic E-state index is 12.4. The van der Waals surface area contributed by atoms with Gasteiger partial charge in [-0.3, -0.25) is 4.79 Å². The monoisotopic (exact) mass is 262 g/mol. The van der Waals surface area contributed by atoms with Crippen LogP contribution in [0.3, 0.4) is 0 Å². The number of aryl methyl sites for hydroxylation is 1. The molecular weight excluding hydrogens is 248 g/mol. The fourth-order valence-electron chi connectivity index (χ4n) is 2.67. The molecule has 0 amide bonds. The first kappa shape index (κ1) is 11.8. The predicted octanol–water partition coefficient (Wildman–Crippen LogP) is 2.27. The van der Waals surface area contributed by atoms with Crippen molar-refractivity contribution in [2.75, 3.05) is 13.1 Å². The fraction of sp³-hybridized carbons (Fsp3) is 0.357. The number of hydrogen-bond acceptors (Lipinski definition) is 2. The Kier molecular flexibility index (Phi) is 2.88. The van der Waals surface area contributed by atoms with Gasteiger partial charge in [-0.25, -0.2) is 0 Å². The van der Waals surface area contributed by atoms with Crippen molar-refractivity contribution in [1.29, 1.82) is 0 Å². The average Bonchev–Trinajstić information content (AvgIpc) is 2.88. The zero-order chi connectivity index (χ0) is 12.7. The standard InChI is InChI=1S/C14H15ClN2O/c1-17-13-7-11(15)3-2-9(13)6-12(14(17)18)10-4-5-16-8-10/h2-3,6-7,10,16H,4-5,8H2,1H3. The van der Waals surface area contributed by atoms with Crippen LogP contribution in [0.1, 0.15) is 17.9 Å². The number of pyridine rings is 1. The Labute approximate surface area is 110 Å². The summed E-state index contributed by atoms with van der Waals surface area (Å²) in [6.45, 7) is 1.89. The van der Waals surface area contributed by atoms with Crippen LogP contribution in [-0.4, -0.2) is 17.7 Å². The Hall–Kier alpha value is -1.32. The molecule has 0 spiro atoms. The zero-order valence-corrected chi connectivity index (χ0v) is 11.0. The van der Waals surface area contributed by atoms with Crippen LogP contribution in [0.2, 0.25) is 5.02 Å². The molecule has 3 rings (SSSR count). The molecule has 18 heavy (non-hydrogen) atoms. The highest BCUT2D eigenvalue weighted by atomic mass is 35.5. The minimum absolute atomic E-state index is 0.0958. The molecule has 4 heteroatoms. The molecule has 1 aliphatic heterocycles. The zero-order valence-electron chi connectivity index (χ0n) is 10.2. The third kappa shape index (κ3) is 1.84. The first-order chi connectivity index (χ1) is 8.66. The third-order valence-corrected chi connectivity index (χ3v) is 3.95. The third-order valence-electron chi connectivity index (χ3n) is 3.72. The molecule has 3 nitrogen and oxygen atoms in total. The molecule has 2 aromatic rings. The highest BCUT2D eigenvalue weighted by Crippen LogP contribution is 2.24. The lowest BCUT2D eigenvalue weighted by molar-refractivity contribution is 0.734. The summed E-state index contributed by atoms with van der Waals surface area (Å²) >= 11 is 5.98. The van der Waals surface area contributed by atoms with Gasteiger partial charge >= 0.3 is 0 Å². The van der Waals surface area contributed by atoms with Crippen LogP contribution in [0.25, 0.3) is 10.9 Å². The van der Waals surface area contributed by atoms with Crippen LogP contribution in [-0.2, 0) is 7.05 Å². The predicted molar refractivity (Wildman–Crippen MR) is 74.4 cm³/mol. The molecule has 0 bridgehead atoms. The molecular formula is C14H15ClN2O. The number of halogens is 1. The highest BCUT2D eigenvalue weighted by Gasteiger charge is 2.20. The van der Waals surface area contributed by atoms with Crippen LogP contribution in [0.4, 0.5) is 0 Å². The molecule has 2 heterocycles. The molecule has 1 unspecified atom stereocenters. The second-order valence-corrected chi connectivity index (χ2v) is 5.29. The van der Waals surface area contributed by atoms with E-state index in [0.29, 0.717) is 10.9 Å². The van der Waals surface area contributed by atoms with E-state index >= 15 is 0 Å². The number of rotatable bonds is 1. The normalized spacial score (nSPS) is 19.6. The summed E-state index contributed by atoms with van der Waals surface area (Å²) in [4.78, 5) is 12.4. The van der Waals surface area contributed by atoms with Gasteiger partial charge in [-0.2, -0.15) is 0 Å². The van der Waals surface area contributed by atoms with Crippen molar-refractivity contribution in [3.63, 3.8) is 0 Å². The molecule has 1 atom stereocenters. The number of aromatic nitrogens is 1. The van der Waals surface area contributed by atoms with Crippen LogP contribution in [0.5, 0.6) is 0 Å². The van der Waals surface area contributed by atoms with Gasteiger partial charge in [0.05, 0.1) is 5.52 Å². The van der Waals surface area contributed by atoms with Gasteiger partial charge < -0.3 is 9.88 Å². The Balaban J connectivity index is 2.25. The van der Waals surface area contributed by atoms with Crippen molar-refractivity contribution >= 4 is 22.5 Å². The van der Waals surface area contributed by atoms with Gasteiger partial charge in [-0.15, -0.1) is 0 Å². The first-order valence-electron chi connectivity index (χ1n) is 6.17. The van der Waals surface area contributed by atoms with Crippen molar-refractivity contribution in [1.82, 2.24) is 9.88 Å². The lowest BCUT2D eigenvalue weighted by Gasteiger charge is -2.13. The van der Waals surface area contributed by atoms with Crippen molar-refractivity contribution < 1.29 is 0 Å². The second kappa shape index (κ2) is 4.41. The van der Waals surface area contributed by atoms with E-state index in [1.807, 2.05) is 31.3 Å². The van der Waals surface area contributed by atoms with Crippen LogP contribution < -0.4 is 10.9 Å². The van der Waals surface area contributed by atoms with Crippen LogP contribution in [0.15, 0.2) is 29.1 Å². The number of fused-ring (bicyclic) bond motifs is 1. The second-order valence-electron chi connectivity index (χ2n) is 4.86. The highest BCUT2D eigenvalue weighted by molar-refractivity contribution is 6.31. The van der Waals surface area contributed by atoms with E-state index in [2.05, 4.69) is 5.32 Å². The van der Waals surface area contributed by atoms with Gasteiger partial charge in [0.15, 0.2) is 0 Å². The number of hydrogen-bond donors (Lipinski definition) is 1. The van der Waals surface area contributed by atoms with Crippen LogP contribution >= 0.6 is 11.6 Å². The van der Waals surface area contributed by atoms with E-state index in [4.69, 9.17) is 11.6 Å². The summed E-state index contributed by atoms with van der Waals surface area (Å²) in [6, 6.07) is 7.70. The van der Waals surface area contributed by atoms with Gasteiger partial charge in [-0.05, 0) is 36.6 Å². The van der Waals surface area contributed by atoms with E-state index in [1.165, 1.54) is 0 Å². The van der Waals surface area contributed by atoms with Gasteiger partial charge in [0.1, 0.15) is 0 Å². The topological polar surface area (TPSA) is 34.0 Å². The lowest BCUT2D eigenvalue weighted by atomic mass is 9.98.